The normalized spacial score (nSPS) is 16.9. The van der Waals surface area contributed by atoms with Crippen LogP contribution in [0, 0.1) is 0 Å². The smallest absolute Gasteiger partial charge is 0.267 e. The molecule has 2 aliphatic heterocycles. The predicted octanol–water partition coefficient (Wildman–Crippen LogP) is 2.33. The highest BCUT2D eigenvalue weighted by Gasteiger charge is 2.24. The van der Waals surface area contributed by atoms with Gasteiger partial charge in [-0.1, -0.05) is 30.3 Å². The van der Waals surface area contributed by atoms with Gasteiger partial charge in [-0.05, 0) is 30.0 Å². The lowest BCUT2D eigenvalue weighted by Crippen LogP contribution is -2.31. The molecule has 4 rings (SSSR count). The Morgan fingerprint density at radius 1 is 1.14 bits per heavy atom. The molecule has 0 radical (unpaired) electrons. The summed E-state index contributed by atoms with van der Waals surface area (Å²) in [5.41, 5.74) is 4.57. The third-order valence-electron chi connectivity index (χ3n) is 6.05. The van der Waals surface area contributed by atoms with Gasteiger partial charge in [0.1, 0.15) is 5.69 Å². The first-order valence-electron chi connectivity index (χ1n) is 10.6. The molecule has 2 amide bonds. The molecule has 2 aromatic rings. The Bertz CT molecular complexity index is 875. The molecule has 0 atom stereocenters. The predicted molar refractivity (Wildman–Crippen MR) is 112 cm³/mol. The Morgan fingerprint density at radius 2 is 1.97 bits per heavy atom. The minimum absolute atomic E-state index is 0.0238. The largest absolute Gasteiger partial charge is 0.351 e. The fourth-order valence-corrected chi connectivity index (χ4v) is 4.45. The Morgan fingerprint density at radius 3 is 2.72 bits per heavy atom. The molecule has 6 nitrogen and oxygen atoms in total. The van der Waals surface area contributed by atoms with Crippen LogP contribution in [-0.2, 0) is 31.4 Å². The number of nitrogens with zero attached hydrogens (tertiary/aromatic N) is 3. The lowest BCUT2D eigenvalue weighted by Gasteiger charge is -2.27. The van der Waals surface area contributed by atoms with Crippen LogP contribution < -0.4 is 5.32 Å². The first-order chi connectivity index (χ1) is 14.1. The zero-order chi connectivity index (χ0) is 20.2. The van der Waals surface area contributed by atoms with Crippen LogP contribution in [0.1, 0.15) is 46.6 Å². The molecule has 3 heterocycles. The molecule has 0 aliphatic carbocycles. The Labute approximate surface area is 172 Å². The van der Waals surface area contributed by atoms with Crippen LogP contribution in [0.3, 0.4) is 0 Å². The molecule has 1 aromatic carbocycles. The number of carbonyl (C=O) groups is 2. The summed E-state index contributed by atoms with van der Waals surface area (Å²) < 4.78 is 2.05. The van der Waals surface area contributed by atoms with Crippen LogP contribution in [0.25, 0.3) is 0 Å². The molecule has 1 N–H and O–H groups in total. The first kappa shape index (κ1) is 19.7. The summed E-state index contributed by atoms with van der Waals surface area (Å²) >= 11 is 0. The molecule has 29 heavy (non-hydrogen) atoms. The average Bonchev–Trinajstić information content (AvgIpc) is 3.28. The van der Waals surface area contributed by atoms with Gasteiger partial charge in [-0.3, -0.25) is 14.5 Å². The van der Waals surface area contributed by atoms with Gasteiger partial charge in [-0.25, -0.2) is 0 Å². The number of likely N-dealkylation sites (tertiary alicyclic amines) is 1. The van der Waals surface area contributed by atoms with Crippen LogP contribution in [0.4, 0.5) is 0 Å². The van der Waals surface area contributed by atoms with E-state index in [-0.39, 0.29) is 11.8 Å². The Hall–Kier alpha value is -2.60. The molecule has 1 aromatic heterocycles. The Balaban J connectivity index is 1.31. The van der Waals surface area contributed by atoms with Gasteiger partial charge < -0.3 is 14.8 Å². The molecule has 1 fully saturated rings. The van der Waals surface area contributed by atoms with Crippen LogP contribution in [-0.4, -0.2) is 52.4 Å². The topological polar surface area (TPSA) is 57.6 Å². The maximum Gasteiger partial charge on any atom is 0.267 e. The lowest BCUT2D eigenvalue weighted by atomic mass is 10.1. The van der Waals surface area contributed by atoms with E-state index >= 15 is 0 Å². The highest BCUT2D eigenvalue weighted by molar-refractivity contribution is 5.93. The van der Waals surface area contributed by atoms with Crippen molar-refractivity contribution in [3.63, 3.8) is 0 Å². The second-order valence-corrected chi connectivity index (χ2v) is 8.10. The summed E-state index contributed by atoms with van der Waals surface area (Å²) in [4.78, 5) is 28.7. The fraction of sp³-hybridized carbons (Fsp3) is 0.478. The van der Waals surface area contributed by atoms with E-state index in [1.807, 2.05) is 24.1 Å². The number of hydrogen-bond acceptors (Lipinski definition) is 3. The molecule has 1 saturated heterocycles. The fourth-order valence-electron chi connectivity index (χ4n) is 4.45. The summed E-state index contributed by atoms with van der Waals surface area (Å²) in [5.74, 6) is 0.218. The maximum absolute atomic E-state index is 12.7. The van der Waals surface area contributed by atoms with Crippen molar-refractivity contribution in [2.75, 3.05) is 26.2 Å². The standard InChI is InChI=1S/C23H30N4O2/c1-25-20-10-14-26(16-18-7-3-2-4-8-18)17-19(20)15-21(25)23(29)24-11-6-13-27-12-5-9-22(27)28/h2-4,7-8,15H,5-6,9-14,16-17H2,1H3,(H,24,29). The lowest BCUT2D eigenvalue weighted by molar-refractivity contribution is -0.127. The number of hydrogen-bond donors (Lipinski definition) is 1. The third-order valence-corrected chi connectivity index (χ3v) is 6.05. The van der Waals surface area contributed by atoms with E-state index in [9.17, 15) is 9.59 Å². The quantitative estimate of drug-likeness (QED) is 0.734. The van der Waals surface area contributed by atoms with Crippen molar-refractivity contribution in [2.45, 2.75) is 38.8 Å². The summed E-state index contributed by atoms with van der Waals surface area (Å²) in [6.07, 6.45) is 3.39. The van der Waals surface area contributed by atoms with Gasteiger partial charge >= 0.3 is 0 Å². The molecule has 0 spiro atoms. The zero-order valence-electron chi connectivity index (χ0n) is 17.2. The monoisotopic (exact) mass is 394 g/mol. The van der Waals surface area contributed by atoms with Crippen molar-refractivity contribution >= 4 is 11.8 Å². The molecule has 6 heteroatoms. The maximum atomic E-state index is 12.7. The van der Waals surface area contributed by atoms with Gasteiger partial charge in [0.25, 0.3) is 5.91 Å². The van der Waals surface area contributed by atoms with E-state index in [4.69, 9.17) is 0 Å². The van der Waals surface area contributed by atoms with Crippen LogP contribution >= 0.6 is 0 Å². The van der Waals surface area contributed by atoms with Gasteiger partial charge in [-0.2, -0.15) is 0 Å². The van der Waals surface area contributed by atoms with Crippen molar-refractivity contribution in [2.24, 2.45) is 7.05 Å². The zero-order valence-corrected chi connectivity index (χ0v) is 17.2. The molecule has 154 valence electrons. The first-order valence-corrected chi connectivity index (χ1v) is 10.6. The minimum Gasteiger partial charge on any atom is -0.351 e. The van der Waals surface area contributed by atoms with E-state index in [1.54, 1.807) is 0 Å². The van der Waals surface area contributed by atoms with Crippen molar-refractivity contribution in [3.05, 3.63) is 58.9 Å². The van der Waals surface area contributed by atoms with E-state index < -0.39 is 0 Å². The summed E-state index contributed by atoms with van der Waals surface area (Å²) in [6.45, 7) is 5.01. The van der Waals surface area contributed by atoms with Crippen LogP contribution in [0.15, 0.2) is 36.4 Å². The number of fused-ring (bicyclic) bond motifs is 1. The van der Waals surface area contributed by atoms with Crippen molar-refractivity contribution < 1.29 is 9.59 Å². The summed E-state index contributed by atoms with van der Waals surface area (Å²) in [7, 11) is 1.99. The minimum atomic E-state index is -0.0238. The van der Waals surface area contributed by atoms with E-state index in [1.165, 1.54) is 16.8 Å². The highest BCUT2D eigenvalue weighted by Crippen LogP contribution is 2.24. The van der Waals surface area contributed by atoms with Gasteiger partial charge in [0.2, 0.25) is 5.91 Å². The van der Waals surface area contributed by atoms with E-state index in [0.29, 0.717) is 13.0 Å². The summed E-state index contributed by atoms with van der Waals surface area (Å²) in [6, 6.07) is 12.6. The van der Waals surface area contributed by atoms with Gasteiger partial charge in [0.15, 0.2) is 0 Å². The summed E-state index contributed by atoms with van der Waals surface area (Å²) in [5, 5.41) is 3.03. The van der Waals surface area contributed by atoms with Crippen molar-refractivity contribution in [1.82, 2.24) is 19.7 Å². The molecule has 0 unspecified atom stereocenters. The van der Waals surface area contributed by atoms with Crippen molar-refractivity contribution in [1.29, 1.82) is 0 Å². The molecule has 0 bridgehead atoms. The number of carbonyl (C=O) groups excluding carboxylic acids is 2. The number of amides is 2. The van der Waals surface area contributed by atoms with E-state index in [2.05, 4.69) is 39.0 Å². The SMILES string of the molecule is Cn1c(C(=O)NCCCN2CCCC2=O)cc2c1CCN(Cc1ccccc1)C2. The van der Waals surface area contributed by atoms with Crippen LogP contribution in [0.2, 0.25) is 0 Å². The molecular weight excluding hydrogens is 364 g/mol. The number of benzene rings is 1. The van der Waals surface area contributed by atoms with Gasteiger partial charge in [0.05, 0.1) is 0 Å². The third kappa shape index (κ3) is 4.53. The molecule has 2 aliphatic rings. The van der Waals surface area contributed by atoms with Gasteiger partial charge in [0, 0.05) is 64.9 Å². The van der Waals surface area contributed by atoms with Crippen LogP contribution in [0.5, 0.6) is 0 Å². The van der Waals surface area contributed by atoms with Crippen molar-refractivity contribution in [3.8, 4) is 0 Å². The molecule has 0 saturated carbocycles. The number of rotatable bonds is 7. The number of nitrogens with one attached hydrogen (secondary N) is 1. The second kappa shape index (κ2) is 8.82. The highest BCUT2D eigenvalue weighted by atomic mass is 16.2. The second-order valence-electron chi connectivity index (χ2n) is 8.10. The van der Waals surface area contributed by atoms with Gasteiger partial charge in [-0.15, -0.1) is 0 Å². The Kier molecular flexibility index (Phi) is 6.00. The number of aromatic nitrogens is 1. The average molecular weight is 395 g/mol. The van der Waals surface area contributed by atoms with E-state index in [0.717, 1.165) is 57.7 Å². The molecular formula is C23H30N4O2.